The molecule has 2 rings (SSSR count). The number of carboxylic acid groups (broad SMARTS) is 1. The number of benzene rings is 2. The number of amides is 2. The zero-order chi connectivity index (χ0) is 28.6. The van der Waals surface area contributed by atoms with Crippen molar-refractivity contribution in [2.24, 2.45) is 11.5 Å². The third-order valence-electron chi connectivity index (χ3n) is 5.53. The second kappa shape index (κ2) is 17.1. The van der Waals surface area contributed by atoms with E-state index in [-0.39, 0.29) is 24.8 Å². The highest BCUT2D eigenvalue weighted by atomic mass is 19.4. The predicted molar refractivity (Wildman–Crippen MR) is 140 cm³/mol. The highest BCUT2D eigenvalue weighted by molar-refractivity contribution is 5.99. The Hall–Kier alpha value is -3.44. The standard InChI is InChI=1S/C25H36N4O2.C2HF3O2/c1-2-19-28(22-12-7-4-8-13-22)25(31)23(14-9-17-26)29(24(30)15-18-27)20-16-21-10-5-3-6-11-21;3-2(4,5)1(6)7/h3-8,10-13,23H,2,9,14-20,26-27H2,1H3;(H,6,7). The van der Waals surface area contributed by atoms with E-state index in [9.17, 15) is 22.8 Å². The molecule has 0 fully saturated rings. The first-order chi connectivity index (χ1) is 18.1. The number of rotatable bonds is 13. The number of carboxylic acids is 1. The van der Waals surface area contributed by atoms with Crippen molar-refractivity contribution in [1.29, 1.82) is 0 Å². The number of nitrogens with two attached hydrogens (primary N) is 2. The molecule has 0 radical (unpaired) electrons. The zero-order valence-corrected chi connectivity index (χ0v) is 21.6. The van der Waals surface area contributed by atoms with Crippen LogP contribution in [0.15, 0.2) is 60.7 Å². The number of carbonyl (C=O) groups is 3. The molecule has 0 heterocycles. The zero-order valence-electron chi connectivity index (χ0n) is 21.6. The normalized spacial score (nSPS) is 11.6. The smallest absolute Gasteiger partial charge is 0.475 e. The van der Waals surface area contributed by atoms with E-state index in [1.165, 1.54) is 0 Å². The number of hydrogen-bond acceptors (Lipinski definition) is 5. The van der Waals surface area contributed by atoms with E-state index in [0.717, 1.165) is 17.7 Å². The molecule has 2 aromatic rings. The third-order valence-corrected chi connectivity index (χ3v) is 5.53. The number of carbonyl (C=O) groups excluding carboxylic acids is 2. The van der Waals surface area contributed by atoms with Crippen molar-refractivity contribution < 1.29 is 32.7 Å². The minimum Gasteiger partial charge on any atom is -0.475 e. The summed E-state index contributed by atoms with van der Waals surface area (Å²) in [6, 6.07) is 19.1. The van der Waals surface area contributed by atoms with Crippen LogP contribution in [0.3, 0.4) is 0 Å². The first-order valence-corrected chi connectivity index (χ1v) is 12.5. The van der Waals surface area contributed by atoms with Gasteiger partial charge in [-0.3, -0.25) is 9.59 Å². The summed E-state index contributed by atoms with van der Waals surface area (Å²) in [5.74, 6) is -2.90. The van der Waals surface area contributed by atoms with Crippen molar-refractivity contribution >= 4 is 23.5 Å². The molecule has 1 atom stereocenters. The van der Waals surface area contributed by atoms with Gasteiger partial charge in [0.15, 0.2) is 0 Å². The molecule has 0 saturated carbocycles. The maximum Gasteiger partial charge on any atom is 0.490 e. The lowest BCUT2D eigenvalue weighted by Gasteiger charge is -2.35. The van der Waals surface area contributed by atoms with Crippen LogP contribution in [0, 0.1) is 0 Å². The number of hydrogen-bond donors (Lipinski definition) is 3. The summed E-state index contributed by atoms with van der Waals surface area (Å²) in [4.78, 5) is 39.2. The van der Waals surface area contributed by atoms with Gasteiger partial charge in [0.2, 0.25) is 11.8 Å². The summed E-state index contributed by atoms with van der Waals surface area (Å²) in [7, 11) is 0. The Kier molecular flexibility index (Phi) is 14.7. The van der Waals surface area contributed by atoms with Crippen molar-refractivity contribution in [3.63, 3.8) is 0 Å². The molecule has 5 N–H and O–H groups in total. The SMILES string of the molecule is CCCN(C(=O)C(CCCN)N(CCc1ccccc1)C(=O)CCN)c1ccccc1.O=C(O)C(F)(F)F. The Labute approximate surface area is 221 Å². The first kappa shape index (κ1) is 32.6. The maximum atomic E-state index is 13.8. The Morgan fingerprint density at radius 3 is 1.95 bits per heavy atom. The number of nitrogens with zero attached hydrogens (tertiary/aromatic N) is 2. The van der Waals surface area contributed by atoms with Gasteiger partial charge < -0.3 is 26.4 Å². The number of para-hydroxylation sites is 1. The molecule has 0 saturated heterocycles. The van der Waals surface area contributed by atoms with Crippen LogP contribution in [0.1, 0.15) is 38.2 Å². The van der Waals surface area contributed by atoms with E-state index in [2.05, 4.69) is 0 Å². The van der Waals surface area contributed by atoms with Gasteiger partial charge in [-0.1, -0.05) is 55.5 Å². The van der Waals surface area contributed by atoms with Crippen molar-refractivity contribution in [3.05, 3.63) is 66.2 Å². The van der Waals surface area contributed by atoms with Gasteiger partial charge in [0, 0.05) is 31.7 Å². The molecule has 210 valence electrons. The molecule has 0 aliphatic carbocycles. The average Bonchev–Trinajstić information content (AvgIpc) is 2.89. The highest BCUT2D eigenvalue weighted by Gasteiger charge is 2.38. The van der Waals surface area contributed by atoms with Crippen LogP contribution >= 0.6 is 0 Å². The molecule has 11 heteroatoms. The molecule has 0 spiro atoms. The molecule has 0 bridgehead atoms. The van der Waals surface area contributed by atoms with E-state index < -0.39 is 18.2 Å². The summed E-state index contributed by atoms with van der Waals surface area (Å²) in [5.41, 5.74) is 13.4. The molecule has 2 aromatic carbocycles. The monoisotopic (exact) mass is 538 g/mol. The average molecular weight is 539 g/mol. The topological polar surface area (TPSA) is 130 Å². The van der Waals surface area contributed by atoms with E-state index >= 15 is 0 Å². The Morgan fingerprint density at radius 1 is 0.921 bits per heavy atom. The fourth-order valence-electron chi connectivity index (χ4n) is 3.72. The maximum absolute atomic E-state index is 13.8. The fourth-order valence-corrected chi connectivity index (χ4v) is 3.72. The summed E-state index contributed by atoms with van der Waals surface area (Å²) < 4.78 is 31.7. The third kappa shape index (κ3) is 11.3. The Balaban J connectivity index is 0.000000905. The molecule has 2 amide bonds. The minimum absolute atomic E-state index is 0.0556. The lowest BCUT2D eigenvalue weighted by Crippen LogP contribution is -2.52. The molecule has 0 aliphatic heterocycles. The lowest BCUT2D eigenvalue weighted by molar-refractivity contribution is -0.192. The Bertz CT molecular complexity index is 975. The van der Waals surface area contributed by atoms with Crippen molar-refractivity contribution in [2.45, 2.75) is 51.2 Å². The molecule has 1 unspecified atom stereocenters. The molecule has 0 aliphatic rings. The number of alkyl halides is 3. The van der Waals surface area contributed by atoms with Gasteiger partial charge >= 0.3 is 12.1 Å². The molecule has 38 heavy (non-hydrogen) atoms. The van der Waals surface area contributed by atoms with Crippen molar-refractivity contribution in [3.8, 4) is 0 Å². The van der Waals surface area contributed by atoms with Crippen LogP contribution < -0.4 is 16.4 Å². The van der Waals surface area contributed by atoms with Crippen LogP contribution in [0.25, 0.3) is 0 Å². The van der Waals surface area contributed by atoms with Crippen LogP contribution in [-0.2, 0) is 20.8 Å². The Morgan fingerprint density at radius 2 is 1.47 bits per heavy atom. The summed E-state index contributed by atoms with van der Waals surface area (Å²) in [6.45, 7) is 3.85. The first-order valence-electron chi connectivity index (χ1n) is 12.5. The van der Waals surface area contributed by atoms with Gasteiger partial charge in [0.05, 0.1) is 0 Å². The summed E-state index contributed by atoms with van der Waals surface area (Å²) >= 11 is 0. The van der Waals surface area contributed by atoms with Crippen molar-refractivity contribution in [2.75, 3.05) is 31.1 Å². The predicted octanol–water partition coefficient (Wildman–Crippen LogP) is 3.59. The van der Waals surface area contributed by atoms with E-state index in [0.29, 0.717) is 38.9 Å². The summed E-state index contributed by atoms with van der Waals surface area (Å²) in [5, 5.41) is 7.12. The molecular formula is C27H37F3N4O4. The van der Waals surface area contributed by atoms with Gasteiger partial charge in [-0.15, -0.1) is 0 Å². The summed E-state index contributed by atoms with van der Waals surface area (Å²) in [6.07, 6.45) is -2.15. The van der Waals surface area contributed by atoms with E-state index in [1.807, 2.05) is 67.6 Å². The van der Waals surface area contributed by atoms with Gasteiger partial charge in [0.1, 0.15) is 6.04 Å². The van der Waals surface area contributed by atoms with Crippen LogP contribution in [0.2, 0.25) is 0 Å². The second-order valence-electron chi connectivity index (χ2n) is 8.44. The minimum atomic E-state index is -5.08. The quantitative estimate of drug-likeness (QED) is 0.357. The number of aliphatic carboxylic acids is 1. The lowest BCUT2D eigenvalue weighted by atomic mass is 10.0. The number of anilines is 1. The van der Waals surface area contributed by atoms with Gasteiger partial charge in [-0.05, 0) is 49.9 Å². The molecular weight excluding hydrogens is 501 g/mol. The van der Waals surface area contributed by atoms with Gasteiger partial charge in [-0.25, -0.2) is 4.79 Å². The van der Waals surface area contributed by atoms with Crippen LogP contribution in [0.5, 0.6) is 0 Å². The highest BCUT2D eigenvalue weighted by Crippen LogP contribution is 2.20. The van der Waals surface area contributed by atoms with E-state index in [1.54, 1.807) is 9.80 Å². The largest absolute Gasteiger partial charge is 0.490 e. The van der Waals surface area contributed by atoms with Crippen molar-refractivity contribution in [1.82, 2.24) is 4.90 Å². The van der Waals surface area contributed by atoms with Gasteiger partial charge in [0.25, 0.3) is 0 Å². The van der Waals surface area contributed by atoms with Crippen LogP contribution in [-0.4, -0.2) is 66.2 Å². The van der Waals surface area contributed by atoms with E-state index in [4.69, 9.17) is 21.4 Å². The van der Waals surface area contributed by atoms with Crippen LogP contribution in [0.4, 0.5) is 18.9 Å². The number of halogens is 3. The van der Waals surface area contributed by atoms with Gasteiger partial charge in [-0.2, -0.15) is 13.2 Å². The molecule has 0 aromatic heterocycles. The second-order valence-corrected chi connectivity index (χ2v) is 8.44. The molecule has 8 nitrogen and oxygen atoms in total. The fraction of sp³-hybridized carbons (Fsp3) is 0.444.